The zero-order valence-corrected chi connectivity index (χ0v) is 11.0. The van der Waals surface area contributed by atoms with Crippen molar-refractivity contribution in [3.05, 3.63) is 40.1 Å². The fourth-order valence-electron chi connectivity index (χ4n) is 2.01. The molecule has 2 heterocycles. The topological polar surface area (TPSA) is 42.1 Å². The number of rotatable bonds is 4. The van der Waals surface area contributed by atoms with Crippen molar-refractivity contribution in [3.8, 4) is 0 Å². The Hall–Kier alpha value is -1.69. The molecule has 1 aliphatic carbocycles. The molecule has 0 unspecified atom stereocenters. The minimum atomic E-state index is -0.812. The molecule has 19 heavy (non-hydrogen) atoms. The molecule has 100 valence electrons. The lowest BCUT2D eigenvalue weighted by Crippen LogP contribution is -2.27. The fourth-order valence-corrected chi connectivity index (χ4v) is 2.71. The number of hydrogen-bond donors (Lipinski definition) is 1. The van der Waals surface area contributed by atoms with Gasteiger partial charge in [0.2, 0.25) is 0 Å². The normalized spacial score (nSPS) is 14.6. The number of pyridine rings is 1. The van der Waals surface area contributed by atoms with Crippen LogP contribution in [0.2, 0.25) is 0 Å². The van der Waals surface area contributed by atoms with Crippen LogP contribution in [0.1, 0.15) is 17.7 Å². The first-order valence-electron chi connectivity index (χ1n) is 6.05. The van der Waals surface area contributed by atoms with Crippen LogP contribution >= 0.6 is 11.3 Å². The van der Waals surface area contributed by atoms with Gasteiger partial charge in [0.15, 0.2) is 23.3 Å². The standard InChI is InChI=1S/C13H13F2N3S/c14-10-6-11(15)13(17-12(10)16)18(8-3-4-8)7-9-2-1-5-19-9/h1-2,5-6,8H,3-4,7H2,(H2,16,17). The Morgan fingerprint density at radius 3 is 2.79 bits per heavy atom. The van der Waals surface area contributed by atoms with Gasteiger partial charge in [0.25, 0.3) is 0 Å². The number of halogens is 2. The minimum Gasteiger partial charge on any atom is -0.381 e. The second-order valence-electron chi connectivity index (χ2n) is 4.60. The van der Waals surface area contributed by atoms with E-state index >= 15 is 0 Å². The van der Waals surface area contributed by atoms with E-state index in [1.165, 1.54) is 0 Å². The molecule has 0 aliphatic heterocycles. The van der Waals surface area contributed by atoms with Crippen molar-refractivity contribution in [3.63, 3.8) is 0 Å². The second-order valence-corrected chi connectivity index (χ2v) is 5.63. The van der Waals surface area contributed by atoms with Crippen molar-refractivity contribution >= 4 is 23.0 Å². The van der Waals surface area contributed by atoms with Crippen LogP contribution in [0.3, 0.4) is 0 Å². The maximum Gasteiger partial charge on any atom is 0.168 e. The van der Waals surface area contributed by atoms with Gasteiger partial charge in [-0.1, -0.05) is 6.07 Å². The molecule has 0 bridgehead atoms. The number of aromatic nitrogens is 1. The van der Waals surface area contributed by atoms with Gasteiger partial charge in [-0.3, -0.25) is 0 Å². The molecule has 1 aliphatic rings. The lowest BCUT2D eigenvalue weighted by molar-refractivity contribution is 0.569. The summed E-state index contributed by atoms with van der Waals surface area (Å²) in [5.41, 5.74) is 5.44. The van der Waals surface area contributed by atoms with Crippen LogP contribution in [0.4, 0.5) is 20.4 Å². The van der Waals surface area contributed by atoms with Gasteiger partial charge in [-0.2, -0.15) is 0 Å². The summed E-state index contributed by atoms with van der Waals surface area (Å²) in [5, 5.41) is 1.98. The number of hydrogen-bond acceptors (Lipinski definition) is 4. The highest BCUT2D eigenvalue weighted by Crippen LogP contribution is 2.34. The summed E-state index contributed by atoms with van der Waals surface area (Å²) < 4.78 is 27.1. The van der Waals surface area contributed by atoms with Gasteiger partial charge in [-0.05, 0) is 24.3 Å². The third-order valence-electron chi connectivity index (χ3n) is 3.10. The minimum absolute atomic E-state index is 0.148. The predicted molar refractivity (Wildman–Crippen MR) is 72.1 cm³/mol. The van der Waals surface area contributed by atoms with Crippen LogP contribution < -0.4 is 10.6 Å². The van der Waals surface area contributed by atoms with Gasteiger partial charge in [0.1, 0.15) is 0 Å². The zero-order valence-electron chi connectivity index (χ0n) is 10.1. The van der Waals surface area contributed by atoms with Gasteiger partial charge >= 0.3 is 0 Å². The van der Waals surface area contributed by atoms with Gasteiger partial charge in [-0.15, -0.1) is 11.3 Å². The smallest absolute Gasteiger partial charge is 0.168 e. The summed E-state index contributed by atoms with van der Waals surface area (Å²) in [7, 11) is 0. The van der Waals surface area contributed by atoms with E-state index in [1.54, 1.807) is 11.3 Å². The lowest BCUT2D eigenvalue weighted by atomic mass is 10.3. The molecule has 3 rings (SSSR count). The largest absolute Gasteiger partial charge is 0.381 e. The van der Waals surface area contributed by atoms with Crippen LogP contribution in [-0.4, -0.2) is 11.0 Å². The van der Waals surface area contributed by atoms with E-state index in [9.17, 15) is 8.78 Å². The Morgan fingerprint density at radius 2 is 2.16 bits per heavy atom. The molecule has 1 fully saturated rings. The lowest BCUT2D eigenvalue weighted by Gasteiger charge is -2.23. The molecule has 0 saturated heterocycles. The Kier molecular flexibility index (Phi) is 3.10. The van der Waals surface area contributed by atoms with Gasteiger partial charge in [-0.25, -0.2) is 13.8 Å². The molecule has 6 heteroatoms. The SMILES string of the molecule is Nc1nc(N(Cc2cccs2)C2CC2)c(F)cc1F. The predicted octanol–water partition coefficient (Wildman–Crippen LogP) is 3.17. The van der Waals surface area contributed by atoms with E-state index < -0.39 is 11.6 Å². The summed E-state index contributed by atoms with van der Waals surface area (Å²) in [4.78, 5) is 6.87. The molecule has 2 aromatic rings. The maximum absolute atomic E-state index is 13.9. The van der Waals surface area contributed by atoms with E-state index in [2.05, 4.69) is 4.98 Å². The van der Waals surface area contributed by atoms with E-state index in [-0.39, 0.29) is 17.7 Å². The first-order valence-corrected chi connectivity index (χ1v) is 6.93. The van der Waals surface area contributed by atoms with Crippen LogP contribution in [0.25, 0.3) is 0 Å². The third-order valence-corrected chi connectivity index (χ3v) is 3.97. The maximum atomic E-state index is 13.9. The Bertz CT molecular complexity index is 582. The molecular formula is C13H13F2N3S. The van der Waals surface area contributed by atoms with Gasteiger partial charge < -0.3 is 10.6 Å². The van der Waals surface area contributed by atoms with Crippen molar-refractivity contribution in [2.24, 2.45) is 0 Å². The Labute approximate surface area is 113 Å². The molecule has 0 radical (unpaired) electrons. The molecule has 0 spiro atoms. The van der Waals surface area contributed by atoms with Crippen LogP contribution in [0, 0.1) is 11.6 Å². The number of anilines is 2. The molecule has 0 amide bonds. The Balaban J connectivity index is 1.94. The first-order chi connectivity index (χ1) is 9.15. The summed E-state index contributed by atoms with van der Waals surface area (Å²) in [6.07, 6.45) is 2.01. The zero-order chi connectivity index (χ0) is 13.4. The average Bonchev–Trinajstić information content (AvgIpc) is 3.09. The number of thiophene rings is 1. The van der Waals surface area contributed by atoms with Crippen molar-refractivity contribution in [2.75, 3.05) is 10.6 Å². The molecule has 1 saturated carbocycles. The molecule has 0 aromatic carbocycles. The third kappa shape index (κ3) is 2.53. The van der Waals surface area contributed by atoms with Crippen molar-refractivity contribution < 1.29 is 8.78 Å². The average molecular weight is 281 g/mol. The van der Waals surface area contributed by atoms with Gasteiger partial charge in [0, 0.05) is 17.0 Å². The van der Waals surface area contributed by atoms with Crippen molar-refractivity contribution in [1.82, 2.24) is 4.98 Å². The first kappa shape index (κ1) is 12.3. The van der Waals surface area contributed by atoms with Crippen LogP contribution in [-0.2, 0) is 6.54 Å². The quantitative estimate of drug-likeness (QED) is 0.936. The van der Waals surface area contributed by atoms with E-state index in [4.69, 9.17) is 5.73 Å². The number of nitrogens with zero attached hydrogens (tertiary/aromatic N) is 2. The number of nitrogens with two attached hydrogens (primary N) is 1. The van der Waals surface area contributed by atoms with Crippen LogP contribution in [0.15, 0.2) is 23.6 Å². The molecule has 0 atom stereocenters. The number of nitrogen functional groups attached to an aromatic ring is 1. The summed E-state index contributed by atoms with van der Waals surface area (Å²) in [5.74, 6) is -1.58. The van der Waals surface area contributed by atoms with Gasteiger partial charge in [0.05, 0.1) is 6.54 Å². The highest BCUT2D eigenvalue weighted by atomic mass is 32.1. The Morgan fingerprint density at radius 1 is 1.37 bits per heavy atom. The highest BCUT2D eigenvalue weighted by molar-refractivity contribution is 7.09. The molecule has 2 aromatic heterocycles. The molecule has 2 N–H and O–H groups in total. The fraction of sp³-hybridized carbons (Fsp3) is 0.308. The molecular weight excluding hydrogens is 268 g/mol. The van der Waals surface area contributed by atoms with E-state index in [1.807, 2.05) is 22.4 Å². The second kappa shape index (κ2) is 4.77. The highest BCUT2D eigenvalue weighted by Gasteiger charge is 2.32. The van der Waals surface area contributed by atoms with Crippen LogP contribution in [0.5, 0.6) is 0 Å². The monoisotopic (exact) mass is 281 g/mol. The molecule has 3 nitrogen and oxygen atoms in total. The van der Waals surface area contributed by atoms with Crippen molar-refractivity contribution in [2.45, 2.75) is 25.4 Å². The summed E-state index contributed by atoms with van der Waals surface area (Å²) >= 11 is 1.61. The van der Waals surface area contributed by atoms with E-state index in [0.29, 0.717) is 6.54 Å². The summed E-state index contributed by atoms with van der Waals surface area (Å²) in [6, 6.07) is 5.02. The van der Waals surface area contributed by atoms with E-state index in [0.717, 1.165) is 23.8 Å². The summed E-state index contributed by atoms with van der Waals surface area (Å²) in [6.45, 7) is 0.581. The van der Waals surface area contributed by atoms with Crippen molar-refractivity contribution in [1.29, 1.82) is 0 Å².